The number of anilines is 2. The largest absolute Gasteiger partial charge is 0.350 e. The maximum Gasteiger partial charge on any atom is 0.253 e. The average molecular weight is 619 g/mol. The minimum Gasteiger partial charge on any atom is -0.350 e. The summed E-state index contributed by atoms with van der Waals surface area (Å²) in [6.07, 6.45) is 4.48. The Bertz CT molecular complexity index is 1840. The smallest absolute Gasteiger partial charge is 0.253 e. The number of benzene rings is 2. The molecule has 228 valence electrons. The van der Waals surface area contributed by atoms with Crippen LogP contribution in [0, 0.1) is 0 Å². The molecule has 0 saturated carbocycles. The summed E-state index contributed by atoms with van der Waals surface area (Å²) >= 11 is 1.68. The van der Waals surface area contributed by atoms with Gasteiger partial charge in [-0.3, -0.25) is 9.59 Å². The number of likely N-dealkylation sites (tertiary alicyclic amines) is 1. The third kappa shape index (κ3) is 6.27. The summed E-state index contributed by atoms with van der Waals surface area (Å²) < 4.78 is 1.88. The van der Waals surface area contributed by atoms with Gasteiger partial charge < -0.3 is 20.4 Å². The molecular formula is C34H34N8O2S. The maximum atomic E-state index is 13.3. The summed E-state index contributed by atoms with van der Waals surface area (Å²) in [4.78, 5) is 39.2. The highest BCUT2D eigenvalue weighted by Crippen LogP contribution is 2.42. The van der Waals surface area contributed by atoms with Crippen LogP contribution in [-0.4, -0.2) is 91.5 Å². The van der Waals surface area contributed by atoms with Crippen LogP contribution in [0.1, 0.15) is 16.8 Å². The van der Waals surface area contributed by atoms with Gasteiger partial charge in [0.2, 0.25) is 11.9 Å². The number of amides is 2. The van der Waals surface area contributed by atoms with Crippen LogP contribution in [0.3, 0.4) is 0 Å². The highest BCUT2D eigenvalue weighted by atomic mass is 32.2. The van der Waals surface area contributed by atoms with Crippen LogP contribution >= 0.6 is 11.8 Å². The molecular weight excluding hydrogens is 584 g/mol. The number of nitrogens with one attached hydrogen (secondary N) is 2. The van der Waals surface area contributed by atoms with Gasteiger partial charge in [0.05, 0.1) is 22.0 Å². The molecule has 0 unspecified atom stereocenters. The molecule has 2 aliphatic rings. The van der Waals surface area contributed by atoms with Gasteiger partial charge in [-0.2, -0.15) is 5.10 Å². The van der Waals surface area contributed by atoms with Crippen LogP contribution in [0.2, 0.25) is 0 Å². The molecule has 0 aliphatic carbocycles. The molecule has 5 heterocycles. The molecule has 2 saturated heterocycles. The number of carbonyl (C=O) groups is 2. The predicted molar refractivity (Wildman–Crippen MR) is 178 cm³/mol. The third-order valence-electron chi connectivity index (χ3n) is 8.09. The number of hydrogen-bond acceptors (Lipinski definition) is 8. The first-order valence-electron chi connectivity index (χ1n) is 15.1. The second-order valence-electron chi connectivity index (χ2n) is 11.7. The predicted octanol–water partition coefficient (Wildman–Crippen LogP) is 4.77. The van der Waals surface area contributed by atoms with E-state index in [-0.39, 0.29) is 23.1 Å². The number of rotatable bonds is 9. The van der Waals surface area contributed by atoms with Crippen LogP contribution in [0.25, 0.3) is 28.0 Å². The maximum absolute atomic E-state index is 13.3. The number of aromatic nitrogens is 4. The fourth-order valence-electron chi connectivity index (χ4n) is 5.83. The summed E-state index contributed by atoms with van der Waals surface area (Å²) in [5, 5.41) is 11.6. The summed E-state index contributed by atoms with van der Waals surface area (Å²) in [7, 11) is 4.03. The van der Waals surface area contributed by atoms with E-state index >= 15 is 0 Å². The summed E-state index contributed by atoms with van der Waals surface area (Å²) in [6, 6.07) is 25.2. The number of pyridine rings is 1. The van der Waals surface area contributed by atoms with E-state index in [1.165, 1.54) is 0 Å². The van der Waals surface area contributed by atoms with Gasteiger partial charge in [0.15, 0.2) is 0 Å². The van der Waals surface area contributed by atoms with Crippen LogP contribution in [-0.2, 0) is 4.79 Å². The Morgan fingerprint density at radius 1 is 1.00 bits per heavy atom. The highest BCUT2D eigenvalue weighted by molar-refractivity contribution is 8.08. The van der Waals surface area contributed by atoms with Crippen molar-refractivity contribution in [3.8, 4) is 22.5 Å². The molecule has 5 aromatic rings. The second-order valence-corrected chi connectivity index (χ2v) is 13.1. The van der Waals surface area contributed by atoms with Crippen LogP contribution < -0.4 is 10.6 Å². The van der Waals surface area contributed by atoms with Crippen molar-refractivity contribution in [3.05, 3.63) is 96.8 Å². The molecule has 0 radical (unpaired) electrons. The molecule has 2 aromatic carbocycles. The second kappa shape index (κ2) is 12.3. The Morgan fingerprint density at radius 3 is 2.60 bits per heavy atom. The van der Waals surface area contributed by atoms with E-state index in [4.69, 9.17) is 10.1 Å². The number of carbonyl (C=O) groups excluding carboxylic acids is 2. The van der Waals surface area contributed by atoms with Gasteiger partial charge in [0.25, 0.3) is 5.91 Å². The van der Waals surface area contributed by atoms with E-state index in [0.717, 1.165) is 41.0 Å². The minimum atomic E-state index is -0.0329. The van der Waals surface area contributed by atoms with E-state index in [9.17, 15) is 9.59 Å². The molecule has 45 heavy (non-hydrogen) atoms. The van der Waals surface area contributed by atoms with Crippen molar-refractivity contribution in [3.63, 3.8) is 0 Å². The molecule has 2 fully saturated rings. The molecule has 11 heteroatoms. The Balaban J connectivity index is 1.00. The normalized spacial score (nSPS) is 19.2. The molecule has 2 N–H and O–H groups in total. The lowest BCUT2D eigenvalue weighted by molar-refractivity contribution is -0.115. The molecule has 3 aromatic heterocycles. The Hall–Kier alpha value is -4.74. The zero-order chi connectivity index (χ0) is 30.9. The van der Waals surface area contributed by atoms with Gasteiger partial charge in [-0.25, -0.2) is 14.5 Å². The minimum absolute atomic E-state index is 0.0158. The van der Waals surface area contributed by atoms with Gasteiger partial charge in [-0.05, 0) is 63.0 Å². The van der Waals surface area contributed by atoms with Gasteiger partial charge >= 0.3 is 0 Å². The van der Waals surface area contributed by atoms with E-state index in [1.807, 2.05) is 84.3 Å². The SMILES string of the molecule is CN(C)C[C@@H]1S[C@H]1C(=O)Nc1ccc(C(=O)N2CC[C@H](Nc3nccc(-c4c(-c5ccccc5)nn5ccccc45)n3)C2)cc1. The summed E-state index contributed by atoms with van der Waals surface area (Å²) in [5.41, 5.74) is 5.85. The van der Waals surface area contributed by atoms with Crippen LogP contribution in [0.4, 0.5) is 11.6 Å². The number of fused-ring (bicyclic) bond motifs is 1. The van der Waals surface area contributed by atoms with E-state index in [2.05, 4.69) is 20.5 Å². The first-order chi connectivity index (χ1) is 21.9. The van der Waals surface area contributed by atoms with Gasteiger partial charge in [0.1, 0.15) is 5.69 Å². The first kappa shape index (κ1) is 29.0. The number of nitrogens with zero attached hydrogens (tertiary/aromatic N) is 6. The fraction of sp³-hybridized carbons (Fsp3) is 0.265. The van der Waals surface area contributed by atoms with E-state index < -0.39 is 0 Å². The molecule has 2 amide bonds. The zero-order valence-electron chi connectivity index (χ0n) is 25.1. The fourth-order valence-corrected chi connectivity index (χ4v) is 6.89. The van der Waals surface area contributed by atoms with Crippen molar-refractivity contribution >= 4 is 40.7 Å². The average Bonchev–Trinajstić information content (AvgIpc) is 3.47. The van der Waals surface area contributed by atoms with Crippen LogP contribution in [0.5, 0.6) is 0 Å². The van der Waals surface area contributed by atoms with Crippen molar-refractivity contribution in [2.24, 2.45) is 0 Å². The van der Waals surface area contributed by atoms with Crippen molar-refractivity contribution < 1.29 is 9.59 Å². The molecule has 7 rings (SSSR count). The quantitative estimate of drug-likeness (QED) is 0.228. The molecule has 2 aliphatic heterocycles. The lowest BCUT2D eigenvalue weighted by Crippen LogP contribution is -2.31. The van der Waals surface area contributed by atoms with Crippen molar-refractivity contribution in [2.75, 3.05) is 44.4 Å². The third-order valence-corrected chi connectivity index (χ3v) is 9.39. The lowest BCUT2D eigenvalue weighted by Gasteiger charge is -2.17. The van der Waals surface area contributed by atoms with Crippen molar-refractivity contribution in [1.82, 2.24) is 29.4 Å². The van der Waals surface area contributed by atoms with Gasteiger partial charge in [-0.15, -0.1) is 11.8 Å². The van der Waals surface area contributed by atoms with E-state index in [0.29, 0.717) is 35.5 Å². The molecule has 10 nitrogen and oxygen atoms in total. The summed E-state index contributed by atoms with van der Waals surface area (Å²) in [6.45, 7) is 2.06. The van der Waals surface area contributed by atoms with Gasteiger partial charge in [0, 0.05) is 60.1 Å². The Labute approximate surface area is 265 Å². The van der Waals surface area contributed by atoms with Crippen LogP contribution in [0.15, 0.2) is 91.3 Å². The zero-order valence-corrected chi connectivity index (χ0v) is 25.9. The first-order valence-corrected chi connectivity index (χ1v) is 16.0. The topological polar surface area (TPSA) is 108 Å². The molecule has 3 atom stereocenters. The standard InChI is InChI=1S/C34H34N8O2S/c1-40(2)21-28-31(45-28)32(43)36-24-13-11-23(12-14-24)33(44)41-19-16-25(20-41)37-34-35-17-15-26(38-34)29-27-10-6-7-18-42(27)39-30(29)22-8-4-3-5-9-22/h3-15,17-18,25,28,31H,16,19-21H2,1-2H3,(H,36,43)(H,35,37,38)/t25-,28-,31+/m0/s1. The molecule has 0 bridgehead atoms. The Morgan fingerprint density at radius 2 is 1.80 bits per heavy atom. The summed E-state index contributed by atoms with van der Waals surface area (Å²) in [5.74, 6) is 0.501. The number of hydrogen-bond donors (Lipinski definition) is 2. The molecule has 0 spiro atoms. The van der Waals surface area contributed by atoms with Crippen molar-refractivity contribution in [2.45, 2.75) is 23.0 Å². The number of thioether (sulfide) groups is 1. The van der Waals surface area contributed by atoms with Gasteiger partial charge in [-0.1, -0.05) is 36.4 Å². The van der Waals surface area contributed by atoms with Crippen molar-refractivity contribution in [1.29, 1.82) is 0 Å². The van der Waals surface area contributed by atoms with E-state index in [1.54, 1.807) is 42.2 Å². The highest BCUT2D eigenvalue weighted by Gasteiger charge is 2.44. The Kier molecular flexibility index (Phi) is 7.95. The lowest BCUT2D eigenvalue weighted by atomic mass is 10.0. The monoisotopic (exact) mass is 618 g/mol.